The van der Waals surface area contributed by atoms with E-state index in [1.807, 2.05) is 0 Å². The van der Waals surface area contributed by atoms with Gasteiger partial charge in [-0.2, -0.15) is 28.3 Å². The van der Waals surface area contributed by atoms with Crippen LogP contribution in [0.15, 0.2) is 0 Å². The molecule has 0 aromatic rings. The van der Waals surface area contributed by atoms with Gasteiger partial charge in [-0.1, -0.05) is 20.5 Å². The molecule has 0 N–H and O–H groups in total. The Hall–Kier alpha value is -0.135. The summed E-state index contributed by atoms with van der Waals surface area (Å²) in [5.41, 5.74) is 0. The zero-order chi connectivity index (χ0) is 9.46. The fourth-order valence-electron chi connectivity index (χ4n) is 1.25. The van der Waals surface area contributed by atoms with Gasteiger partial charge in [-0.05, 0) is 0 Å². The highest BCUT2D eigenvalue weighted by Crippen LogP contribution is 2.20. The first-order chi connectivity index (χ1) is 5.46. The standard InChI is InChI=1S/C3H9B3F3N3/c1-4-10(7)5(2)12(9)6(3)11(4)8/h1-3H3. The van der Waals surface area contributed by atoms with E-state index in [1.165, 1.54) is 20.5 Å². The van der Waals surface area contributed by atoms with Crippen LogP contribution in [-0.2, 0) is 0 Å². The lowest BCUT2D eigenvalue weighted by atomic mass is 9.50. The first-order valence-electron chi connectivity index (χ1n) is 3.79. The smallest absolute Gasteiger partial charge is 0.191 e. The van der Waals surface area contributed by atoms with Crippen molar-refractivity contribution in [3.05, 3.63) is 0 Å². The minimum absolute atomic E-state index is 0.125. The van der Waals surface area contributed by atoms with Crippen molar-refractivity contribution in [3.8, 4) is 0 Å². The summed E-state index contributed by atoms with van der Waals surface area (Å²) < 4.78 is 38.7. The third kappa shape index (κ3) is 1.36. The fraction of sp³-hybridized carbons (Fsp3) is 1.00. The topological polar surface area (TPSA) is 9.72 Å². The lowest BCUT2D eigenvalue weighted by molar-refractivity contribution is 0.0950. The summed E-state index contributed by atoms with van der Waals surface area (Å²) >= 11 is 0. The second-order valence-electron chi connectivity index (χ2n) is 2.93. The first kappa shape index (κ1) is 9.95. The zero-order valence-corrected chi connectivity index (χ0v) is 7.21. The molecule has 0 amide bonds. The van der Waals surface area contributed by atoms with Crippen LogP contribution in [0.4, 0.5) is 13.4 Å². The van der Waals surface area contributed by atoms with Crippen LogP contribution >= 0.6 is 0 Å². The monoisotopic (exact) mass is 177 g/mol. The van der Waals surface area contributed by atoms with E-state index in [-0.39, 0.29) is 14.8 Å². The van der Waals surface area contributed by atoms with Gasteiger partial charge in [-0.15, -0.1) is 0 Å². The molecule has 1 saturated heterocycles. The first-order valence-corrected chi connectivity index (χ1v) is 3.79. The van der Waals surface area contributed by atoms with Crippen LogP contribution in [0, 0.1) is 0 Å². The molecular weight excluding hydrogens is 167 g/mol. The largest absolute Gasteiger partial charge is 0.349 e. The molecule has 0 aromatic heterocycles. The molecule has 1 fully saturated rings. The van der Waals surface area contributed by atoms with Crippen LogP contribution in [0.2, 0.25) is 20.5 Å². The van der Waals surface area contributed by atoms with Gasteiger partial charge in [0.05, 0.1) is 0 Å². The Morgan fingerprint density at radius 3 is 1.00 bits per heavy atom. The Balaban J connectivity index is 2.76. The van der Waals surface area contributed by atoms with Crippen LogP contribution in [-0.4, -0.2) is 35.8 Å². The van der Waals surface area contributed by atoms with E-state index < -0.39 is 20.9 Å². The van der Waals surface area contributed by atoms with Gasteiger partial charge < -0.3 is 0 Å². The number of hydrogen-bond acceptors (Lipinski definition) is 3. The van der Waals surface area contributed by atoms with E-state index in [1.54, 1.807) is 0 Å². The number of hydrogen-bond donors (Lipinski definition) is 0. The summed E-state index contributed by atoms with van der Waals surface area (Å²) in [5, 5.41) is 0. The predicted molar refractivity (Wildman–Crippen MR) is 43.7 cm³/mol. The molecule has 0 saturated carbocycles. The molecule has 66 valence electrons. The molecule has 1 aliphatic heterocycles. The molecular formula is C3H9B3F3N3. The third-order valence-electron chi connectivity index (χ3n) is 2.14. The van der Waals surface area contributed by atoms with Gasteiger partial charge in [-0.3, -0.25) is 0 Å². The van der Waals surface area contributed by atoms with Gasteiger partial charge in [0.2, 0.25) is 0 Å². The second-order valence-corrected chi connectivity index (χ2v) is 2.93. The van der Waals surface area contributed by atoms with Crippen molar-refractivity contribution >= 4 is 20.9 Å². The summed E-state index contributed by atoms with van der Waals surface area (Å²) in [6, 6.07) is 0. The van der Waals surface area contributed by atoms with E-state index in [2.05, 4.69) is 0 Å². The maximum atomic E-state index is 12.9. The molecule has 3 nitrogen and oxygen atoms in total. The van der Waals surface area contributed by atoms with Crippen molar-refractivity contribution in [1.29, 1.82) is 0 Å². The van der Waals surface area contributed by atoms with Crippen molar-refractivity contribution in [3.63, 3.8) is 0 Å². The summed E-state index contributed by atoms with van der Waals surface area (Å²) in [6.07, 6.45) is 0. The van der Waals surface area contributed by atoms with Gasteiger partial charge in [0.25, 0.3) is 0 Å². The Kier molecular flexibility index (Phi) is 2.75. The number of nitrogens with zero attached hydrogens (tertiary/aromatic N) is 3. The summed E-state index contributed by atoms with van der Waals surface area (Å²) in [7, 11) is 0. The molecule has 9 heteroatoms. The molecule has 0 radical (unpaired) electrons. The fourth-order valence-corrected chi connectivity index (χ4v) is 1.25. The highest BCUT2D eigenvalue weighted by atomic mass is 19.2. The summed E-state index contributed by atoms with van der Waals surface area (Å²) in [6.45, 7) is 0.881. The van der Waals surface area contributed by atoms with Gasteiger partial charge in [-0.25, -0.2) is 0 Å². The molecule has 0 aromatic carbocycles. The van der Waals surface area contributed by atoms with Crippen LogP contribution < -0.4 is 0 Å². The molecule has 1 heterocycles. The van der Waals surface area contributed by atoms with Crippen LogP contribution in [0.25, 0.3) is 0 Å². The van der Waals surface area contributed by atoms with E-state index >= 15 is 0 Å². The second kappa shape index (κ2) is 3.31. The Morgan fingerprint density at radius 1 is 0.667 bits per heavy atom. The van der Waals surface area contributed by atoms with Gasteiger partial charge in [0.1, 0.15) is 0 Å². The van der Waals surface area contributed by atoms with Crippen LogP contribution in [0.3, 0.4) is 0 Å². The van der Waals surface area contributed by atoms with Crippen molar-refractivity contribution in [2.24, 2.45) is 0 Å². The summed E-state index contributed by atoms with van der Waals surface area (Å²) in [4.78, 5) is 0.375. The van der Waals surface area contributed by atoms with Gasteiger partial charge in [0, 0.05) is 0 Å². The molecule has 1 aliphatic rings. The average molecular weight is 177 g/mol. The van der Waals surface area contributed by atoms with E-state index in [4.69, 9.17) is 0 Å². The average Bonchev–Trinajstić information content (AvgIpc) is 2.08. The van der Waals surface area contributed by atoms with E-state index in [0.717, 1.165) is 0 Å². The SMILES string of the molecule is CB1N(F)B(C)N(F)B(C)N1F. The van der Waals surface area contributed by atoms with Crippen LogP contribution in [0.1, 0.15) is 0 Å². The highest BCUT2D eigenvalue weighted by molar-refractivity contribution is 6.83. The molecule has 0 spiro atoms. The molecule has 0 bridgehead atoms. The highest BCUT2D eigenvalue weighted by Gasteiger charge is 2.49. The van der Waals surface area contributed by atoms with E-state index in [0.29, 0.717) is 0 Å². The minimum Gasteiger partial charge on any atom is -0.191 e. The van der Waals surface area contributed by atoms with Crippen molar-refractivity contribution in [1.82, 2.24) is 14.8 Å². The Bertz CT molecular complexity index is 116. The lowest BCUT2D eigenvalue weighted by Crippen LogP contribution is -2.68. The molecule has 0 unspecified atom stereocenters. The van der Waals surface area contributed by atoms with Crippen molar-refractivity contribution < 1.29 is 13.4 Å². The van der Waals surface area contributed by atoms with E-state index in [9.17, 15) is 13.4 Å². The molecule has 0 atom stereocenters. The van der Waals surface area contributed by atoms with Gasteiger partial charge >= 0.3 is 20.9 Å². The lowest BCUT2D eigenvalue weighted by Gasteiger charge is -2.38. The maximum Gasteiger partial charge on any atom is 0.349 e. The number of rotatable bonds is 0. The zero-order valence-electron chi connectivity index (χ0n) is 7.21. The van der Waals surface area contributed by atoms with Crippen LogP contribution in [0.5, 0.6) is 0 Å². The predicted octanol–water partition coefficient (Wildman–Crippen LogP) is 0.913. The normalized spacial score (nSPS) is 24.0. The Morgan fingerprint density at radius 2 is 0.833 bits per heavy atom. The molecule has 12 heavy (non-hydrogen) atoms. The third-order valence-corrected chi connectivity index (χ3v) is 2.14. The van der Waals surface area contributed by atoms with Gasteiger partial charge in [0.15, 0.2) is 0 Å². The minimum atomic E-state index is -1.04. The quantitative estimate of drug-likeness (QED) is 0.401. The Labute approximate surface area is 70.6 Å². The maximum absolute atomic E-state index is 12.9. The summed E-state index contributed by atoms with van der Waals surface area (Å²) in [5.74, 6) is 0. The number of halogens is 3. The molecule has 0 aliphatic carbocycles. The molecule has 1 rings (SSSR count). The van der Waals surface area contributed by atoms with Crippen molar-refractivity contribution in [2.45, 2.75) is 20.5 Å². The van der Waals surface area contributed by atoms with Crippen molar-refractivity contribution in [2.75, 3.05) is 0 Å².